The second-order valence-corrected chi connectivity index (χ2v) is 2.57. The number of hydrogen-bond donors (Lipinski definition) is 2. The fourth-order valence-corrected chi connectivity index (χ4v) is 0.896. The maximum atomic E-state index is 5.08. The van der Waals surface area contributed by atoms with Gasteiger partial charge in [-0.1, -0.05) is 6.92 Å². The molecule has 0 amide bonds. The third-order valence-electron chi connectivity index (χ3n) is 1.50. The average Bonchev–Trinajstić information content (AvgIpc) is 2.53. The van der Waals surface area contributed by atoms with E-state index in [4.69, 9.17) is 4.42 Å². The summed E-state index contributed by atoms with van der Waals surface area (Å²) < 4.78 is 5.08. The zero-order valence-corrected chi connectivity index (χ0v) is 7.55. The molecule has 0 atom stereocenters. The van der Waals surface area contributed by atoms with E-state index in [9.17, 15) is 0 Å². The highest BCUT2D eigenvalue weighted by atomic mass is 16.4. The van der Waals surface area contributed by atoms with Crippen LogP contribution < -0.4 is 10.6 Å². The lowest BCUT2D eigenvalue weighted by atomic mass is 10.4. The standard InChI is InChI=1S/C8H15N3O/c1-3-4-10-5-7-6-12-8(9-2)11-7/h6,10H,3-5H2,1-2H3,(H,9,11). The Kier molecular flexibility index (Phi) is 3.60. The van der Waals surface area contributed by atoms with Crippen LogP contribution in [0.3, 0.4) is 0 Å². The second-order valence-electron chi connectivity index (χ2n) is 2.57. The Morgan fingerprint density at radius 1 is 1.58 bits per heavy atom. The predicted octanol–water partition coefficient (Wildman–Crippen LogP) is 1.22. The van der Waals surface area contributed by atoms with Gasteiger partial charge >= 0.3 is 0 Å². The van der Waals surface area contributed by atoms with Gasteiger partial charge in [0, 0.05) is 13.6 Å². The molecule has 4 nitrogen and oxygen atoms in total. The summed E-state index contributed by atoms with van der Waals surface area (Å²) in [5.74, 6) is 0. The molecule has 0 saturated heterocycles. The Hall–Kier alpha value is -1.03. The van der Waals surface area contributed by atoms with Crippen molar-refractivity contribution in [3.63, 3.8) is 0 Å². The van der Waals surface area contributed by atoms with Gasteiger partial charge in [-0.2, -0.15) is 4.98 Å². The van der Waals surface area contributed by atoms with Gasteiger partial charge in [0.1, 0.15) is 6.26 Å². The number of nitrogens with one attached hydrogen (secondary N) is 2. The minimum Gasteiger partial charge on any atom is -0.432 e. The maximum Gasteiger partial charge on any atom is 0.294 e. The fraction of sp³-hybridized carbons (Fsp3) is 0.625. The van der Waals surface area contributed by atoms with Crippen LogP contribution in [-0.2, 0) is 6.54 Å². The molecule has 0 aliphatic carbocycles. The van der Waals surface area contributed by atoms with Gasteiger partial charge < -0.3 is 15.1 Å². The molecule has 4 heteroatoms. The van der Waals surface area contributed by atoms with Gasteiger partial charge in [-0.05, 0) is 13.0 Å². The first-order valence-corrected chi connectivity index (χ1v) is 4.19. The maximum absolute atomic E-state index is 5.08. The van der Waals surface area contributed by atoms with Crippen molar-refractivity contribution >= 4 is 6.01 Å². The smallest absolute Gasteiger partial charge is 0.294 e. The minimum absolute atomic E-state index is 0.572. The van der Waals surface area contributed by atoms with Crippen molar-refractivity contribution < 1.29 is 4.42 Å². The van der Waals surface area contributed by atoms with Gasteiger partial charge in [0.25, 0.3) is 6.01 Å². The van der Waals surface area contributed by atoms with Crippen LogP contribution >= 0.6 is 0 Å². The zero-order valence-electron chi connectivity index (χ0n) is 7.55. The Morgan fingerprint density at radius 3 is 3.00 bits per heavy atom. The van der Waals surface area contributed by atoms with Crippen molar-refractivity contribution in [1.29, 1.82) is 0 Å². The molecule has 2 N–H and O–H groups in total. The lowest BCUT2D eigenvalue weighted by molar-refractivity contribution is 0.571. The van der Waals surface area contributed by atoms with Crippen molar-refractivity contribution in [2.45, 2.75) is 19.9 Å². The van der Waals surface area contributed by atoms with E-state index < -0.39 is 0 Å². The van der Waals surface area contributed by atoms with Crippen LogP contribution in [0, 0.1) is 0 Å². The predicted molar refractivity (Wildman–Crippen MR) is 48.0 cm³/mol. The summed E-state index contributed by atoms with van der Waals surface area (Å²) in [6.45, 7) is 3.93. The Bertz CT molecular complexity index is 222. The summed E-state index contributed by atoms with van der Waals surface area (Å²) in [5, 5.41) is 6.07. The number of hydrogen-bond acceptors (Lipinski definition) is 4. The van der Waals surface area contributed by atoms with E-state index >= 15 is 0 Å². The summed E-state index contributed by atoms with van der Waals surface area (Å²) in [5.41, 5.74) is 0.938. The highest BCUT2D eigenvalue weighted by Gasteiger charge is 1.99. The number of nitrogens with zero attached hydrogens (tertiary/aromatic N) is 1. The van der Waals surface area contributed by atoms with Gasteiger partial charge in [-0.25, -0.2) is 0 Å². The number of aromatic nitrogens is 1. The minimum atomic E-state index is 0.572. The molecular formula is C8H15N3O. The number of anilines is 1. The summed E-state index contributed by atoms with van der Waals surface area (Å²) in [7, 11) is 1.79. The third-order valence-corrected chi connectivity index (χ3v) is 1.50. The van der Waals surface area contributed by atoms with Crippen molar-refractivity contribution in [1.82, 2.24) is 10.3 Å². The van der Waals surface area contributed by atoms with E-state index in [1.54, 1.807) is 13.3 Å². The van der Waals surface area contributed by atoms with Crippen LogP contribution in [0.25, 0.3) is 0 Å². The molecule has 0 radical (unpaired) electrons. The Labute approximate surface area is 72.4 Å². The SMILES string of the molecule is CCCNCc1coc(NC)n1. The molecule has 0 spiro atoms. The van der Waals surface area contributed by atoms with Gasteiger partial charge in [0.15, 0.2) is 0 Å². The average molecular weight is 169 g/mol. The van der Waals surface area contributed by atoms with Gasteiger partial charge in [-0.3, -0.25) is 0 Å². The van der Waals surface area contributed by atoms with Crippen molar-refractivity contribution in [2.75, 3.05) is 18.9 Å². The molecule has 0 aliphatic rings. The number of rotatable bonds is 5. The molecule has 0 saturated carbocycles. The van der Waals surface area contributed by atoms with E-state index in [1.807, 2.05) is 0 Å². The summed E-state index contributed by atoms with van der Waals surface area (Å²) in [6.07, 6.45) is 2.80. The van der Waals surface area contributed by atoms with E-state index in [0.717, 1.165) is 25.2 Å². The van der Waals surface area contributed by atoms with Crippen LogP contribution in [-0.4, -0.2) is 18.6 Å². The molecule has 0 unspecified atom stereocenters. The molecule has 1 aromatic rings. The lowest BCUT2D eigenvalue weighted by Gasteiger charge is -1.96. The molecule has 68 valence electrons. The van der Waals surface area contributed by atoms with E-state index in [0.29, 0.717) is 6.01 Å². The third kappa shape index (κ3) is 2.54. The molecule has 0 bridgehead atoms. The van der Waals surface area contributed by atoms with E-state index in [1.165, 1.54) is 0 Å². The zero-order chi connectivity index (χ0) is 8.81. The van der Waals surface area contributed by atoms with Crippen LogP contribution in [0.5, 0.6) is 0 Å². The molecule has 0 aliphatic heterocycles. The summed E-state index contributed by atoms with van der Waals surface area (Å²) >= 11 is 0. The molecular weight excluding hydrogens is 154 g/mol. The van der Waals surface area contributed by atoms with Gasteiger partial charge in [0.05, 0.1) is 5.69 Å². The molecule has 12 heavy (non-hydrogen) atoms. The van der Waals surface area contributed by atoms with Gasteiger partial charge in [0.2, 0.25) is 0 Å². The molecule has 0 aromatic carbocycles. The summed E-state index contributed by atoms with van der Waals surface area (Å²) in [6, 6.07) is 0.572. The van der Waals surface area contributed by atoms with Crippen molar-refractivity contribution in [3.05, 3.63) is 12.0 Å². The Balaban J connectivity index is 2.31. The van der Waals surface area contributed by atoms with Crippen molar-refractivity contribution in [2.24, 2.45) is 0 Å². The highest BCUT2D eigenvalue weighted by molar-refractivity contribution is 5.19. The normalized spacial score (nSPS) is 10.2. The van der Waals surface area contributed by atoms with Crippen LogP contribution in [0.4, 0.5) is 6.01 Å². The number of oxazole rings is 1. The highest BCUT2D eigenvalue weighted by Crippen LogP contribution is 2.05. The molecule has 1 rings (SSSR count). The topological polar surface area (TPSA) is 50.1 Å². The Morgan fingerprint density at radius 2 is 2.42 bits per heavy atom. The van der Waals surface area contributed by atoms with Gasteiger partial charge in [-0.15, -0.1) is 0 Å². The first-order chi connectivity index (χ1) is 5.86. The molecule has 1 aromatic heterocycles. The van der Waals surface area contributed by atoms with Crippen molar-refractivity contribution in [3.8, 4) is 0 Å². The van der Waals surface area contributed by atoms with Crippen LogP contribution in [0.15, 0.2) is 10.7 Å². The molecule has 0 fully saturated rings. The fourth-order valence-electron chi connectivity index (χ4n) is 0.896. The lowest BCUT2D eigenvalue weighted by Crippen LogP contribution is -2.13. The monoisotopic (exact) mass is 169 g/mol. The largest absolute Gasteiger partial charge is 0.432 e. The van der Waals surface area contributed by atoms with E-state index in [2.05, 4.69) is 22.5 Å². The summed E-state index contributed by atoms with van der Waals surface area (Å²) in [4.78, 5) is 4.16. The quantitative estimate of drug-likeness (QED) is 0.651. The van der Waals surface area contributed by atoms with E-state index in [-0.39, 0.29) is 0 Å². The van der Waals surface area contributed by atoms with Crippen LogP contribution in [0.2, 0.25) is 0 Å². The first kappa shape index (κ1) is 9.06. The second kappa shape index (κ2) is 4.77. The molecule has 1 heterocycles. The van der Waals surface area contributed by atoms with Crippen LogP contribution in [0.1, 0.15) is 19.0 Å². The first-order valence-electron chi connectivity index (χ1n) is 4.19.